The van der Waals surface area contributed by atoms with Gasteiger partial charge in [-0.3, -0.25) is 0 Å². The minimum atomic E-state index is -3.71. The van der Waals surface area contributed by atoms with Crippen LogP contribution < -0.4 is 10.5 Å². The standard InChI is InChI=1S/C13H16BrFN2O2S/c14-9-5-13(11(16)6-10(9)15)20(18,19)17-12-4-7-1-2-8(12)3-7/h5-8,12,17H,1-4,16H2. The summed E-state index contributed by atoms with van der Waals surface area (Å²) in [6.45, 7) is 0. The fraction of sp³-hybridized carbons (Fsp3) is 0.538. The maximum absolute atomic E-state index is 13.3. The van der Waals surface area contributed by atoms with Crippen LogP contribution in [0.15, 0.2) is 21.5 Å². The van der Waals surface area contributed by atoms with Gasteiger partial charge in [-0.1, -0.05) is 6.42 Å². The van der Waals surface area contributed by atoms with Gasteiger partial charge in [0.05, 0.1) is 10.2 Å². The van der Waals surface area contributed by atoms with Crippen molar-refractivity contribution in [2.75, 3.05) is 5.73 Å². The number of fused-ring (bicyclic) bond motifs is 2. The van der Waals surface area contributed by atoms with Crippen molar-refractivity contribution >= 4 is 31.6 Å². The number of benzene rings is 1. The molecule has 0 aliphatic heterocycles. The summed E-state index contributed by atoms with van der Waals surface area (Å²) in [5, 5.41) is 0. The van der Waals surface area contributed by atoms with E-state index in [1.54, 1.807) is 0 Å². The third kappa shape index (κ3) is 2.46. The first-order valence-electron chi connectivity index (χ1n) is 6.63. The smallest absolute Gasteiger partial charge is 0.242 e. The third-order valence-corrected chi connectivity index (χ3v) is 6.54. The number of hydrogen-bond donors (Lipinski definition) is 2. The molecule has 2 aliphatic rings. The van der Waals surface area contributed by atoms with Crippen molar-refractivity contribution in [3.05, 3.63) is 22.4 Å². The van der Waals surface area contributed by atoms with Crippen LogP contribution in [0, 0.1) is 17.7 Å². The summed E-state index contributed by atoms with van der Waals surface area (Å²) in [6, 6.07) is 2.24. The molecule has 4 nitrogen and oxygen atoms in total. The van der Waals surface area contributed by atoms with E-state index in [0.29, 0.717) is 11.8 Å². The average molecular weight is 363 g/mol. The van der Waals surface area contributed by atoms with Gasteiger partial charge >= 0.3 is 0 Å². The fourth-order valence-electron chi connectivity index (χ4n) is 3.43. The molecule has 1 aromatic carbocycles. The predicted molar refractivity (Wildman–Crippen MR) is 78.1 cm³/mol. The number of hydrogen-bond acceptors (Lipinski definition) is 3. The molecule has 0 amide bonds. The molecule has 0 saturated heterocycles. The lowest BCUT2D eigenvalue weighted by Gasteiger charge is -2.23. The molecule has 3 rings (SSSR count). The van der Waals surface area contributed by atoms with Gasteiger partial charge < -0.3 is 5.73 Å². The molecule has 0 heterocycles. The molecule has 20 heavy (non-hydrogen) atoms. The van der Waals surface area contributed by atoms with Crippen LogP contribution in [0.2, 0.25) is 0 Å². The third-order valence-electron chi connectivity index (χ3n) is 4.39. The Morgan fingerprint density at radius 1 is 1.30 bits per heavy atom. The first kappa shape index (κ1) is 14.3. The van der Waals surface area contributed by atoms with Crippen molar-refractivity contribution in [2.24, 2.45) is 11.8 Å². The molecule has 7 heteroatoms. The van der Waals surface area contributed by atoms with Gasteiger partial charge in [0.15, 0.2) is 0 Å². The molecule has 0 aromatic heterocycles. The van der Waals surface area contributed by atoms with Crippen molar-refractivity contribution in [3.63, 3.8) is 0 Å². The van der Waals surface area contributed by atoms with E-state index < -0.39 is 15.8 Å². The Morgan fingerprint density at radius 3 is 2.65 bits per heavy atom. The summed E-state index contributed by atoms with van der Waals surface area (Å²) in [4.78, 5) is -0.0615. The van der Waals surface area contributed by atoms with Crippen LogP contribution in [0.3, 0.4) is 0 Å². The highest BCUT2D eigenvalue weighted by atomic mass is 79.9. The zero-order chi connectivity index (χ0) is 14.5. The second kappa shape index (κ2) is 4.96. The van der Waals surface area contributed by atoms with Gasteiger partial charge in [-0.25, -0.2) is 17.5 Å². The van der Waals surface area contributed by atoms with Gasteiger partial charge in [0.1, 0.15) is 10.7 Å². The Kier molecular flexibility index (Phi) is 3.54. The number of nitrogens with one attached hydrogen (secondary N) is 1. The molecular weight excluding hydrogens is 347 g/mol. The Bertz CT molecular complexity index is 650. The molecule has 2 saturated carbocycles. The lowest BCUT2D eigenvalue weighted by Crippen LogP contribution is -2.38. The zero-order valence-electron chi connectivity index (χ0n) is 10.8. The minimum absolute atomic E-state index is 0.0121. The number of nitrogens with two attached hydrogens (primary N) is 1. The maximum atomic E-state index is 13.3. The Hall–Kier alpha value is -0.660. The molecule has 3 unspecified atom stereocenters. The van der Waals surface area contributed by atoms with E-state index in [1.807, 2.05) is 0 Å². The highest BCUT2D eigenvalue weighted by Gasteiger charge is 2.41. The molecule has 3 atom stereocenters. The molecule has 2 bridgehead atoms. The highest BCUT2D eigenvalue weighted by Crippen LogP contribution is 2.45. The highest BCUT2D eigenvalue weighted by molar-refractivity contribution is 9.10. The van der Waals surface area contributed by atoms with Crippen LogP contribution in [0.4, 0.5) is 10.1 Å². The Morgan fingerprint density at radius 2 is 2.05 bits per heavy atom. The summed E-state index contributed by atoms with van der Waals surface area (Å²) < 4.78 is 41.0. The predicted octanol–water partition coefficient (Wildman–Crippen LogP) is 2.64. The SMILES string of the molecule is Nc1cc(F)c(Br)cc1S(=O)(=O)NC1CC2CCC1C2. The average Bonchev–Trinajstić information content (AvgIpc) is 2.95. The second-order valence-electron chi connectivity index (χ2n) is 5.71. The Labute approximate surface area is 126 Å². The number of anilines is 1. The van der Waals surface area contributed by atoms with E-state index in [4.69, 9.17) is 5.73 Å². The van der Waals surface area contributed by atoms with Crippen LogP contribution in [0.1, 0.15) is 25.7 Å². The van der Waals surface area contributed by atoms with Crippen molar-refractivity contribution in [1.82, 2.24) is 4.72 Å². The lowest BCUT2D eigenvalue weighted by atomic mass is 9.96. The number of sulfonamides is 1. The molecule has 2 fully saturated rings. The van der Waals surface area contributed by atoms with Crippen molar-refractivity contribution in [3.8, 4) is 0 Å². The Balaban J connectivity index is 1.87. The maximum Gasteiger partial charge on any atom is 0.242 e. The summed E-state index contributed by atoms with van der Waals surface area (Å²) >= 11 is 3.00. The van der Waals surface area contributed by atoms with Crippen LogP contribution in [0.5, 0.6) is 0 Å². The van der Waals surface area contributed by atoms with E-state index in [1.165, 1.54) is 12.5 Å². The first-order valence-corrected chi connectivity index (χ1v) is 8.91. The quantitative estimate of drug-likeness (QED) is 0.811. The van der Waals surface area contributed by atoms with Gasteiger partial charge in [-0.05, 0) is 59.2 Å². The van der Waals surface area contributed by atoms with Gasteiger partial charge in [0.2, 0.25) is 10.0 Å². The minimum Gasteiger partial charge on any atom is -0.398 e. The zero-order valence-corrected chi connectivity index (χ0v) is 13.2. The molecule has 0 radical (unpaired) electrons. The largest absolute Gasteiger partial charge is 0.398 e. The second-order valence-corrected chi connectivity index (χ2v) is 8.24. The molecule has 3 N–H and O–H groups in total. The van der Waals surface area contributed by atoms with Gasteiger partial charge in [0.25, 0.3) is 0 Å². The molecule has 1 aromatic rings. The van der Waals surface area contributed by atoms with E-state index >= 15 is 0 Å². The molecule has 2 aliphatic carbocycles. The van der Waals surface area contributed by atoms with Crippen LogP contribution in [0.25, 0.3) is 0 Å². The number of rotatable bonds is 3. The molecule has 110 valence electrons. The van der Waals surface area contributed by atoms with E-state index in [2.05, 4.69) is 20.7 Å². The summed E-state index contributed by atoms with van der Waals surface area (Å²) in [5.41, 5.74) is 5.58. The van der Waals surface area contributed by atoms with Gasteiger partial charge in [-0.2, -0.15) is 0 Å². The topological polar surface area (TPSA) is 72.2 Å². The summed E-state index contributed by atoms with van der Waals surface area (Å²) in [7, 11) is -3.71. The first-order chi connectivity index (χ1) is 9.37. The van der Waals surface area contributed by atoms with E-state index in [-0.39, 0.29) is 21.1 Å². The van der Waals surface area contributed by atoms with Crippen LogP contribution >= 0.6 is 15.9 Å². The summed E-state index contributed by atoms with van der Waals surface area (Å²) in [5.74, 6) is 0.506. The van der Waals surface area contributed by atoms with Gasteiger partial charge in [-0.15, -0.1) is 0 Å². The molecular formula is C13H16BrFN2O2S. The normalized spacial score (nSPS) is 29.0. The number of nitrogen functional groups attached to an aromatic ring is 1. The lowest BCUT2D eigenvalue weighted by molar-refractivity contribution is 0.390. The van der Waals surface area contributed by atoms with E-state index in [9.17, 15) is 12.8 Å². The van der Waals surface area contributed by atoms with Crippen LogP contribution in [-0.2, 0) is 10.0 Å². The van der Waals surface area contributed by atoms with Crippen LogP contribution in [-0.4, -0.2) is 14.5 Å². The van der Waals surface area contributed by atoms with Crippen molar-refractivity contribution in [2.45, 2.75) is 36.6 Å². The monoisotopic (exact) mass is 362 g/mol. The van der Waals surface area contributed by atoms with E-state index in [0.717, 1.165) is 25.3 Å². The van der Waals surface area contributed by atoms with Crippen molar-refractivity contribution in [1.29, 1.82) is 0 Å². The van der Waals surface area contributed by atoms with Crippen molar-refractivity contribution < 1.29 is 12.8 Å². The number of halogens is 2. The fourth-order valence-corrected chi connectivity index (χ4v) is 5.38. The summed E-state index contributed by atoms with van der Waals surface area (Å²) in [6.07, 6.45) is 4.29. The molecule has 0 spiro atoms. The van der Waals surface area contributed by atoms with Gasteiger partial charge in [0, 0.05) is 6.04 Å².